The van der Waals surface area contributed by atoms with E-state index < -0.39 is 29.1 Å². The van der Waals surface area contributed by atoms with Crippen LogP contribution >= 0.6 is 11.6 Å². The second kappa shape index (κ2) is 9.88. The van der Waals surface area contributed by atoms with Crippen LogP contribution in [0.1, 0.15) is 23.7 Å². The highest BCUT2D eigenvalue weighted by Gasteiger charge is 2.50. The summed E-state index contributed by atoms with van der Waals surface area (Å²) in [4.78, 5) is 15.5. The van der Waals surface area contributed by atoms with Crippen molar-refractivity contribution in [3.05, 3.63) is 39.3 Å². The van der Waals surface area contributed by atoms with Crippen LogP contribution in [-0.4, -0.2) is 66.8 Å². The number of aliphatic hydroxyl groups is 1. The van der Waals surface area contributed by atoms with E-state index in [-0.39, 0.29) is 18.1 Å². The number of hydrogen-bond donors (Lipinski definition) is 4. The van der Waals surface area contributed by atoms with Gasteiger partial charge in [0.1, 0.15) is 0 Å². The summed E-state index contributed by atoms with van der Waals surface area (Å²) in [5.41, 5.74) is 5.06. The molecule has 0 aromatic heterocycles. The van der Waals surface area contributed by atoms with Crippen molar-refractivity contribution in [1.82, 2.24) is 15.5 Å². The largest absolute Gasteiger partial charge is 0.417 e. The van der Waals surface area contributed by atoms with Gasteiger partial charge in [-0.25, -0.2) is 4.90 Å². The van der Waals surface area contributed by atoms with Gasteiger partial charge >= 0.3 is 6.18 Å². The number of benzene rings is 1. The van der Waals surface area contributed by atoms with E-state index >= 15 is 0 Å². The van der Waals surface area contributed by atoms with Crippen molar-refractivity contribution < 1.29 is 23.0 Å². The van der Waals surface area contributed by atoms with Gasteiger partial charge in [-0.05, 0) is 37.1 Å². The second-order valence-electron chi connectivity index (χ2n) is 7.89. The Morgan fingerprint density at radius 1 is 1.40 bits per heavy atom. The van der Waals surface area contributed by atoms with Gasteiger partial charge in [0.15, 0.2) is 0 Å². The molecule has 0 amide bonds. The fraction of sp³-hybridized carbons (Fsp3) is 0.684. The lowest BCUT2D eigenvalue weighted by Crippen LogP contribution is -2.59. The maximum atomic E-state index is 13.4. The predicted octanol–water partition coefficient (Wildman–Crippen LogP) is 1.54. The van der Waals surface area contributed by atoms with Crippen LogP contribution in [0.4, 0.5) is 13.2 Å². The normalized spacial score (nSPS) is 28.3. The van der Waals surface area contributed by atoms with Crippen molar-refractivity contribution in [2.45, 2.75) is 24.9 Å². The summed E-state index contributed by atoms with van der Waals surface area (Å²) < 4.78 is 40.7. The first-order chi connectivity index (χ1) is 14.3. The minimum absolute atomic E-state index is 0.0154. The van der Waals surface area contributed by atoms with Gasteiger partial charge in [-0.15, -0.1) is 0 Å². The van der Waals surface area contributed by atoms with Crippen molar-refractivity contribution in [3.63, 3.8) is 0 Å². The lowest BCUT2D eigenvalue weighted by atomic mass is 9.98. The lowest BCUT2D eigenvalue weighted by Gasteiger charge is -2.35. The molecule has 2 aliphatic rings. The first-order valence-electron chi connectivity index (χ1n) is 10.1. The van der Waals surface area contributed by atoms with Crippen LogP contribution in [-0.2, 0) is 6.18 Å². The average molecular weight is 451 g/mol. The molecule has 0 bridgehead atoms. The number of aliphatic hydroxyl groups excluding tert-OH is 1. The molecule has 4 unspecified atom stereocenters. The number of nitrogens with zero attached hydrogens (tertiary/aromatic N) is 2. The molecule has 11 heteroatoms. The van der Waals surface area contributed by atoms with Crippen LogP contribution in [0.15, 0.2) is 18.2 Å². The highest BCUT2D eigenvalue weighted by atomic mass is 35.5. The smallest absolute Gasteiger partial charge is 0.395 e. The highest BCUT2D eigenvalue weighted by Crippen LogP contribution is 2.37. The minimum Gasteiger partial charge on any atom is -0.395 e. The molecule has 2 saturated heterocycles. The fourth-order valence-corrected chi connectivity index (χ4v) is 4.54. The Balaban J connectivity index is 1.85. The summed E-state index contributed by atoms with van der Waals surface area (Å²) in [5, 5.41) is 14.8. The van der Waals surface area contributed by atoms with Crippen molar-refractivity contribution in [2.24, 2.45) is 17.6 Å². The maximum absolute atomic E-state index is 13.4. The van der Waals surface area contributed by atoms with E-state index in [0.717, 1.165) is 17.2 Å². The highest BCUT2D eigenvalue weighted by molar-refractivity contribution is 6.31. The Bertz CT molecular complexity index is 751. The molecular formula is C19H28ClF3N5O2+. The molecule has 2 fully saturated rings. The number of nitrogens with two attached hydrogens (primary N) is 1. The average Bonchev–Trinajstić information content (AvgIpc) is 3.17. The molecule has 3 rings (SSSR count). The van der Waals surface area contributed by atoms with E-state index in [9.17, 15) is 18.1 Å². The summed E-state index contributed by atoms with van der Waals surface area (Å²) in [6.45, 7) is 3.26. The summed E-state index contributed by atoms with van der Waals surface area (Å²) in [6, 6.07) is 3.58. The number of halogens is 4. The zero-order chi connectivity index (χ0) is 21.9. The molecule has 0 radical (unpaired) electrons. The summed E-state index contributed by atoms with van der Waals surface area (Å²) in [6.07, 6.45) is -5.15. The van der Waals surface area contributed by atoms with Gasteiger partial charge in [-0.3, -0.25) is 5.32 Å². The van der Waals surface area contributed by atoms with Crippen molar-refractivity contribution in [2.75, 3.05) is 45.9 Å². The molecule has 30 heavy (non-hydrogen) atoms. The van der Waals surface area contributed by atoms with E-state index in [1.54, 1.807) is 0 Å². The molecule has 7 nitrogen and oxygen atoms in total. The minimum atomic E-state index is -4.60. The van der Waals surface area contributed by atoms with Crippen molar-refractivity contribution in [3.8, 4) is 0 Å². The third-order valence-corrected chi connectivity index (χ3v) is 6.17. The van der Waals surface area contributed by atoms with Gasteiger partial charge in [0, 0.05) is 48.0 Å². The Morgan fingerprint density at radius 2 is 2.17 bits per heavy atom. The number of alkyl halides is 3. The molecule has 2 aliphatic heterocycles. The molecule has 2 heterocycles. The molecule has 0 saturated carbocycles. The zero-order valence-corrected chi connectivity index (χ0v) is 17.3. The van der Waals surface area contributed by atoms with Crippen LogP contribution in [0.2, 0.25) is 5.02 Å². The van der Waals surface area contributed by atoms with Gasteiger partial charge < -0.3 is 16.2 Å². The summed E-state index contributed by atoms with van der Waals surface area (Å²) in [5.74, 6) is 0.196. The number of nitroso groups, excluding NO2 is 1. The van der Waals surface area contributed by atoms with Gasteiger partial charge in [-0.1, -0.05) is 11.6 Å². The lowest BCUT2D eigenvalue weighted by molar-refractivity contribution is -0.669. The maximum Gasteiger partial charge on any atom is 0.417 e. The number of nitrogens with one attached hydrogen (secondary N) is 2. The van der Waals surface area contributed by atoms with E-state index in [4.69, 9.17) is 22.4 Å². The molecule has 168 valence electrons. The molecule has 1 aromatic rings. The SMILES string of the molecule is NCC1CCN(C2C(CNCCO)CNC(c3ccc(Cl)c(C(F)(F)F)c3)[N+]2=O)C1. The second-order valence-corrected chi connectivity index (χ2v) is 8.30. The molecule has 1 aromatic carbocycles. The van der Waals surface area contributed by atoms with Gasteiger partial charge in [0.2, 0.25) is 0 Å². The number of hydrogen-bond acceptors (Lipinski definition) is 6. The summed E-state index contributed by atoms with van der Waals surface area (Å²) in [7, 11) is 0. The van der Waals surface area contributed by atoms with E-state index in [1.165, 1.54) is 12.1 Å². The molecule has 4 atom stereocenters. The molecule has 0 spiro atoms. The number of rotatable bonds is 7. The van der Waals surface area contributed by atoms with Gasteiger partial charge in [0.25, 0.3) is 12.3 Å². The fourth-order valence-electron chi connectivity index (χ4n) is 4.31. The quantitative estimate of drug-likeness (QED) is 0.372. The summed E-state index contributed by atoms with van der Waals surface area (Å²) >= 11 is 5.73. The topological polar surface area (TPSA) is 93.6 Å². The first-order valence-corrected chi connectivity index (χ1v) is 10.4. The van der Waals surface area contributed by atoms with Crippen molar-refractivity contribution in [1.29, 1.82) is 0 Å². The van der Waals surface area contributed by atoms with Crippen LogP contribution in [0.25, 0.3) is 0 Å². The van der Waals surface area contributed by atoms with E-state index in [2.05, 4.69) is 15.5 Å². The van der Waals surface area contributed by atoms with Gasteiger partial charge in [-0.2, -0.15) is 13.2 Å². The Kier molecular flexibility index (Phi) is 7.70. The van der Waals surface area contributed by atoms with E-state index in [1.807, 2.05) is 0 Å². The molecule has 0 aliphatic carbocycles. The number of likely N-dealkylation sites (tertiary alicyclic amines) is 1. The first kappa shape index (κ1) is 23.4. The molecular weight excluding hydrogens is 423 g/mol. The monoisotopic (exact) mass is 450 g/mol. The van der Waals surface area contributed by atoms with Gasteiger partial charge in [0.05, 0.1) is 23.1 Å². The van der Waals surface area contributed by atoms with E-state index in [0.29, 0.717) is 45.2 Å². The standard InChI is InChI=1S/C19H28ClF3N5O2/c20-16-2-1-13(7-15(16)19(21,22)23)17-26-10-14(9-25-4-6-29)18(28(17)30)27-5-3-12(8-24)11-27/h1-2,7,12,14,17-18,25-26,29H,3-6,8-11,24H2/q+1. The third kappa shape index (κ3) is 5.12. The van der Waals surface area contributed by atoms with Crippen LogP contribution < -0.4 is 16.4 Å². The van der Waals surface area contributed by atoms with Crippen LogP contribution in [0.3, 0.4) is 0 Å². The Labute approximate surface area is 178 Å². The predicted molar refractivity (Wildman–Crippen MR) is 107 cm³/mol. The third-order valence-electron chi connectivity index (χ3n) is 5.84. The zero-order valence-electron chi connectivity index (χ0n) is 16.5. The van der Waals surface area contributed by atoms with Crippen molar-refractivity contribution >= 4 is 11.6 Å². The molecule has 5 N–H and O–H groups in total. The Morgan fingerprint density at radius 3 is 2.80 bits per heavy atom. The van der Waals surface area contributed by atoms with Crippen LogP contribution in [0.5, 0.6) is 0 Å². The Hall–Kier alpha value is -1.30. The van der Waals surface area contributed by atoms with Crippen LogP contribution in [0, 0.1) is 16.7 Å².